The molecule has 0 saturated heterocycles. The molecule has 1 aliphatic heterocycles. The second-order valence-corrected chi connectivity index (χ2v) is 5.59. The summed E-state index contributed by atoms with van der Waals surface area (Å²) in [7, 11) is 1.68. The van der Waals surface area contributed by atoms with E-state index >= 15 is 0 Å². The molecular weight excluding hydrogens is 281 g/mol. The van der Waals surface area contributed by atoms with Crippen molar-refractivity contribution in [3.05, 3.63) is 47.0 Å². The highest BCUT2D eigenvalue weighted by Gasteiger charge is 2.23. The minimum absolute atomic E-state index is 0.0163. The normalized spacial score (nSPS) is 14.2. The van der Waals surface area contributed by atoms with Gasteiger partial charge in [0.25, 0.3) is 0 Å². The van der Waals surface area contributed by atoms with Crippen molar-refractivity contribution in [2.45, 2.75) is 26.3 Å². The van der Waals surface area contributed by atoms with Crippen LogP contribution in [0.4, 0.5) is 10.1 Å². The highest BCUT2D eigenvalue weighted by atomic mass is 19.1. The van der Waals surface area contributed by atoms with Crippen LogP contribution in [-0.4, -0.2) is 17.9 Å². The Hall–Kier alpha value is -2.27. The van der Waals surface area contributed by atoms with E-state index in [4.69, 9.17) is 5.73 Å². The average molecular weight is 299 g/mol. The monoisotopic (exact) mass is 299 g/mol. The zero-order chi connectivity index (χ0) is 15.9. The van der Waals surface area contributed by atoms with Crippen molar-refractivity contribution in [1.82, 2.24) is 4.98 Å². The molecule has 0 aliphatic carbocycles. The Morgan fingerprint density at radius 3 is 2.77 bits per heavy atom. The number of nitrogens with two attached hydrogens (primary N) is 1. The number of aryl methyl sites for hydroxylation is 1. The summed E-state index contributed by atoms with van der Waals surface area (Å²) < 4.78 is 14.6. The van der Waals surface area contributed by atoms with Gasteiger partial charge in [-0.25, -0.2) is 4.39 Å². The van der Waals surface area contributed by atoms with Crippen LogP contribution in [0.1, 0.15) is 23.1 Å². The van der Waals surface area contributed by atoms with Crippen LogP contribution >= 0.6 is 0 Å². The van der Waals surface area contributed by atoms with Crippen molar-refractivity contribution in [3.8, 4) is 11.1 Å². The maximum absolute atomic E-state index is 14.6. The summed E-state index contributed by atoms with van der Waals surface area (Å²) in [5.74, 6) is -0.331. The van der Waals surface area contributed by atoms with Crippen LogP contribution in [0.2, 0.25) is 0 Å². The Labute approximate surface area is 128 Å². The third kappa shape index (κ3) is 2.27. The van der Waals surface area contributed by atoms with Crippen LogP contribution in [0.5, 0.6) is 0 Å². The summed E-state index contributed by atoms with van der Waals surface area (Å²) in [5, 5.41) is 0. The SMILES string of the molecule is Cc1c(CN)cncc1-c1cc2c(cc1F)N(C)C(=O)CC2. The number of halogens is 1. The van der Waals surface area contributed by atoms with E-state index in [1.165, 1.54) is 11.0 Å². The van der Waals surface area contributed by atoms with Crippen LogP contribution in [0.3, 0.4) is 0 Å². The molecule has 0 bridgehead atoms. The molecule has 22 heavy (non-hydrogen) atoms. The molecule has 0 atom stereocenters. The van der Waals surface area contributed by atoms with Crippen LogP contribution in [0, 0.1) is 12.7 Å². The molecule has 3 rings (SSSR count). The number of carbonyl (C=O) groups is 1. The third-order valence-electron chi connectivity index (χ3n) is 4.34. The van der Waals surface area contributed by atoms with Crippen molar-refractivity contribution in [3.63, 3.8) is 0 Å². The fourth-order valence-electron chi connectivity index (χ4n) is 2.92. The van der Waals surface area contributed by atoms with Gasteiger partial charge in [-0.2, -0.15) is 0 Å². The highest BCUT2D eigenvalue weighted by Crippen LogP contribution is 2.35. The summed E-state index contributed by atoms with van der Waals surface area (Å²) in [6.07, 6.45) is 4.46. The summed E-state index contributed by atoms with van der Waals surface area (Å²) in [6, 6.07) is 3.27. The minimum Gasteiger partial charge on any atom is -0.326 e. The van der Waals surface area contributed by atoms with Crippen molar-refractivity contribution >= 4 is 11.6 Å². The number of aromatic nitrogens is 1. The van der Waals surface area contributed by atoms with Gasteiger partial charge in [-0.3, -0.25) is 9.78 Å². The molecule has 1 aliphatic rings. The number of anilines is 1. The third-order valence-corrected chi connectivity index (χ3v) is 4.34. The van der Waals surface area contributed by atoms with Gasteiger partial charge in [-0.1, -0.05) is 0 Å². The number of fused-ring (bicyclic) bond motifs is 1. The van der Waals surface area contributed by atoms with Crippen LogP contribution in [0.25, 0.3) is 11.1 Å². The molecule has 0 spiro atoms. The van der Waals surface area contributed by atoms with Crippen LogP contribution < -0.4 is 10.6 Å². The molecule has 0 fully saturated rings. The quantitative estimate of drug-likeness (QED) is 0.927. The van der Waals surface area contributed by atoms with Gasteiger partial charge in [-0.15, -0.1) is 0 Å². The Balaban J connectivity index is 2.16. The molecule has 114 valence electrons. The second-order valence-electron chi connectivity index (χ2n) is 5.59. The number of hydrogen-bond donors (Lipinski definition) is 1. The molecule has 0 saturated carbocycles. The number of hydrogen-bond acceptors (Lipinski definition) is 3. The first-order valence-electron chi connectivity index (χ1n) is 7.25. The summed E-state index contributed by atoms with van der Waals surface area (Å²) in [4.78, 5) is 17.4. The van der Waals surface area contributed by atoms with Gasteiger partial charge in [0.1, 0.15) is 5.82 Å². The molecule has 1 amide bonds. The fraction of sp³-hybridized carbons (Fsp3) is 0.294. The van der Waals surface area contributed by atoms with Gasteiger partial charge in [0, 0.05) is 49.2 Å². The molecule has 2 heterocycles. The Kier molecular flexibility index (Phi) is 3.66. The molecule has 0 radical (unpaired) electrons. The molecule has 5 heteroatoms. The van der Waals surface area contributed by atoms with E-state index in [2.05, 4.69) is 4.98 Å². The van der Waals surface area contributed by atoms with Gasteiger partial charge >= 0.3 is 0 Å². The number of carbonyl (C=O) groups excluding carboxylic acids is 1. The van der Waals surface area contributed by atoms with Gasteiger partial charge < -0.3 is 10.6 Å². The molecule has 4 nitrogen and oxygen atoms in total. The van der Waals surface area contributed by atoms with Gasteiger partial charge in [0.05, 0.1) is 0 Å². The van der Waals surface area contributed by atoms with Crippen molar-refractivity contribution in [2.24, 2.45) is 5.73 Å². The molecular formula is C17H18FN3O. The lowest BCUT2D eigenvalue weighted by Gasteiger charge is -2.26. The molecule has 1 aromatic heterocycles. The van der Waals surface area contributed by atoms with Gasteiger partial charge in [0.15, 0.2) is 0 Å². The maximum Gasteiger partial charge on any atom is 0.227 e. The maximum atomic E-state index is 14.6. The largest absolute Gasteiger partial charge is 0.326 e. The van der Waals surface area contributed by atoms with Crippen molar-refractivity contribution < 1.29 is 9.18 Å². The Morgan fingerprint density at radius 2 is 2.05 bits per heavy atom. The number of benzene rings is 1. The van der Waals surface area contributed by atoms with Gasteiger partial charge in [0.2, 0.25) is 5.91 Å². The number of pyridine rings is 1. The molecule has 1 aromatic carbocycles. The van der Waals surface area contributed by atoms with Crippen LogP contribution in [0.15, 0.2) is 24.5 Å². The van der Waals surface area contributed by atoms with E-state index in [1.807, 2.05) is 13.0 Å². The lowest BCUT2D eigenvalue weighted by Crippen LogP contribution is -2.31. The topological polar surface area (TPSA) is 59.2 Å². The Bertz CT molecular complexity index is 758. The predicted octanol–water partition coefficient (Wildman–Crippen LogP) is 2.56. The average Bonchev–Trinajstić information content (AvgIpc) is 2.52. The fourth-order valence-corrected chi connectivity index (χ4v) is 2.92. The molecule has 2 aromatic rings. The lowest BCUT2D eigenvalue weighted by molar-refractivity contribution is -0.118. The first-order valence-corrected chi connectivity index (χ1v) is 7.25. The molecule has 2 N–H and O–H groups in total. The van der Waals surface area contributed by atoms with E-state index < -0.39 is 0 Å². The zero-order valence-corrected chi connectivity index (χ0v) is 12.7. The van der Waals surface area contributed by atoms with Crippen LogP contribution in [-0.2, 0) is 17.8 Å². The zero-order valence-electron chi connectivity index (χ0n) is 12.7. The van der Waals surface area contributed by atoms with E-state index in [1.54, 1.807) is 19.4 Å². The number of rotatable bonds is 2. The van der Waals surface area contributed by atoms with E-state index in [0.717, 1.165) is 22.3 Å². The van der Waals surface area contributed by atoms with Crippen molar-refractivity contribution in [1.29, 1.82) is 0 Å². The first-order chi connectivity index (χ1) is 10.5. The van der Waals surface area contributed by atoms with E-state index in [0.29, 0.717) is 30.6 Å². The first kappa shape index (κ1) is 14.7. The standard InChI is InChI=1S/C17H18FN3O/c1-10-12(7-19)8-20-9-14(10)13-5-11-3-4-17(22)21(2)16(11)6-15(13)18/h5-6,8-9H,3-4,7,19H2,1-2H3. The summed E-state index contributed by atoms with van der Waals surface area (Å²) in [6.45, 7) is 2.30. The predicted molar refractivity (Wildman–Crippen MR) is 84.0 cm³/mol. The molecule has 0 unspecified atom stereocenters. The summed E-state index contributed by atoms with van der Waals surface area (Å²) in [5.41, 5.74) is 10.4. The minimum atomic E-state index is -0.348. The van der Waals surface area contributed by atoms with Gasteiger partial charge in [-0.05, 0) is 42.2 Å². The second kappa shape index (κ2) is 5.50. The Morgan fingerprint density at radius 1 is 1.27 bits per heavy atom. The van der Waals surface area contributed by atoms with Crippen molar-refractivity contribution in [2.75, 3.05) is 11.9 Å². The lowest BCUT2D eigenvalue weighted by atomic mass is 9.93. The van der Waals surface area contributed by atoms with E-state index in [9.17, 15) is 9.18 Å². The smallest absolute Gasteiger partial charge is 0.227 e. The summed E-state index contributed by atoms with van der Waals surface area (Å²) >= 11 is 0. The highest BCUT2D eigenvalue weighted by molar-refractivity contribution is 5.96. The number of nitrogens with zero attached hydrogens (tertiary/aromatic N) is 2. The number of amides is 1. The van der Waals surface area contributed by atoms with E-state index in [-0.39, 0.29) is 11.7 Å².